The van der Waals surface area contributed by atoms with Crippen molar-refractivity contribution < 1.29 is 34.7 Å². The van der Waals surface area contributed by atoms with Gasteiger partial charge >= 0.3 is 0 Å². The highest BCUT2D eigenvalue weighted by atomic mass is 16.7. The van der Waals surface area contributed by atoms with E-state index < -0.39 is 36.8 Å². The Balaban J connectivity index is 1.65. The van der Waals surface area contributed by atoms with Gasteiger partial charge in [0, 0.05) is 11.1 Å². The lowest BCUT2D eigenvalue weighted by molar-refractivity contribution is -0.368. The standard InChI is InChI=1S/C22H24O7/c1-12(24)15-5-2-13(3-6-15)8-14-4-7-16-11-28-22(17(16)9-14)21(27)20(26)19(25)18(10-23)29-22/h2-7,9,18-21,23,25-27H,8,10-11H2,1H3/t18-,19-,20+,21-,22?/m1/s1. The molecule has 2 heterocycles. The summed E-state index contributed by atoms with van der Waals surface area (Å²) in [6.45, 7) is 1.18. The van der Waals surface area contributed by atoms with Crippen LogP contribution in [0.4, 0.5) is 0 Å². The Morgan fingerprint density at radius 3 is 2.41 bits per heavy atom. The van der Waals surface area contributed by atoms with Crippen LogP contribution in [0.2, 0.25) is 0 Å². The highest BCUT2D eigenvalue weighted by Gasteiger charge is 2.58. The molecule has 0 aromatic heterocycles. The zero-order chi connectivity index (χ0) is 20.8. The molecule has 2 aliphatic rings. The maximum absolute atomic E-state index is 11.4. The number of hydrogen-bond donors (Lipinski definition) is 4. The van der Waals surface area contributed by atoms with Crippen LogP contribution in [0.25, 0.3) is 0 Å². The normalized spacial score (nSPS) is 31.1. The monoisotopic (exact) mass is 400 g/mol. The van der Waals surface area contributed by atoms with Gasteiger partial charge in [-0.15, -0.1) is 0 Å². The fraction of sp³-hybridized carbons (Fsp3) is 0.409. The van der Waals surface area contributed by atoms with Crippen molar-refractivity contribution >= 4 is 5.78 Å². The number of aliphatic hydroxyl groups excluding tert-OH is 4. The van der Waals surface area contributed by atoms with Crippen LogP contribution in [0.15, 0.2) is 42.5 Å². The van der Waals surface area contributed by atoms with Crippen LogP contribution in [-0.2, 0) is 28.3 Å². The zero-order valence-electron chi connectivity index (χ0n) is 16.0. The molecule has 0 aliphatic carbocycles. The molecule has 1 spiro atoms. The molecule has 0 saturated carbocycles. The summed E-state index contributed by atoms with van der Waals surface area (Å²) in [5.41, 5.74) is 3.97. The maximum Gasteiger partial charge on any atom is 0.225 e. The van der Waals surface area contributed by atoms with E-state index in [1.54, 1.807) is 12.1 Å². The molecule has 0 radical (unpaired) electrons. The van der Waals surface area contributed by atoms with E-state index in [1.807, 2.05) is 30.3 Å². The largest absolute Gasteiger partial charge is 0.394 e. The molecule has 2 aromatic rings. The molecule has 7 heteroatoms. The number of carbonyl (C=O) groups is 1. The zero-order valence-corrected chi connectivity index (χ0v) is 16.0. The summed E-state index contributed by atoms with van der Waals surface area (Å²) in [5.74, 6) is -1.63. The first-order chi connectivity index (χ1) is 13.9. The van der Waals surface area contributed by atoms with E-state index in [1.165, 1.54) is 6.92 Å². The average molecular weight is 400 g/mol. The maximum atomic E-state index is 11.4. The summed E-state index contributed by atoms with van der Waals surface area (Å²) in [6.07, 6.45) is -4.94. The molecule has 1 saturated heterocycles. The number of ketones is 1. The number of ether oxygens (including phenoxy) is 2. The number of Topliss-reactive ketones (excluding diaryl/α,β-unsaturated/α-hetero) is 1. The lowest BCUT2D eigenvalue weighted by atomic mass is 9.86. The van der Waals surface area contributed by atoms with Gasteiger partial charge in [0.15, 0.2) is 5.78 Å². The van der Waals surface area contributed by atoms with Gasteiger partial charge in [-0.3, -0.25) is 4.79 Å². The second kappa shape index (κ2) is 7.60. The molecule has 7 nitrogen and oxygen atoms in total. The highest BCUT2D eigenvalue weighted by molar-refractivity contribution is 5.94. The molecule has 0 bridgehead atoms. The van der Waals surface area contributed by atoms with E-state index in [2.05, 4.69) is 0 Å². The molecule has 1 unspecified atom stereocenters. The first-order valence-corrected chi connectivity index (χ1v) is 9.54. The minimum Gasteiger partial charge on any atom is -0.394 e. The van der Waals surface area contributed by atoms with Gasteiger partial charge in [-0.25, -0.2) is 0 Å². The van der Waals surface area contributed by atoms with Crippen molar-refractivity contribution in [3.63, 3.8) is 0 Å². The van der Waals surface area contributed by atoms with Crippen molar-refractivity contribution in [2.24, 2.45) is 0 Å². The fourth-order valence-corrected chi connectivity index (χ4v) is 4.02. The van der Waals surface area contributed by atoms with Crippen LogP contribution >= 0.6 is 0 Å². The van der Waals surface area contributed by atoms with Gasteiger partial charge in [0.05, 0.1) is 13.2 Å². The predicted molar refractivity (Wildman–Crippen MR) is 102 cm³/mol. The summed E-state index contributed by atoms with van der Waals surface area (Å²) in [4.78, 5) is 11.4. The first kappa shape index (κ1) is 20.2. The molecule has 4 N–H and O–H groups in total. The minimum atomic E-state index is -1.64. The first-order valence-electron chi connectivity index (χ1n) is 9.54. The van der Waals surface area contributed by atoms with Crippen molar-refractivity contribution in [2.75, 3.05) is 6.61 Å². The Labute approximate surface area is 168 Å². The predicted octanol–water partition coefficient (Wildman–Crippen LogP) is 0.637. The summed E-state index contributed by atoms with van der Waals surface area (Å²) in [5, 5.41) is 40.5. The molecule has 154 valence electrons. The number of rotatable bonds is 4. The summed E-state index contributed by atoms with van der Waals surface area (Å²) < 4.78 is 11.6. The Morgan fingerprint density at radius 2 is 1.76 bits per heavy atom. The molecule has 5 atom stereocenters. The molecule has 2 aromatic carbocycles. The Bertz CT molecular complexity index is 908. The van der Waals surface area contributed by atoms with Crippen molar-refractivity contribution in [3.05, 3.63) is 70.3 Å². The van der Waals surface area contributed by atoms with Crippen molar-refractivity contribution in [2.45, 2.75) is 50.2 Å². The van der Waals surface area contributed by atoms with Gasteiger partial charge in [-0.05, 0) is 36.1 Å². The minimum absolute atomic E-state index is 0.00999. The van der Waals surface area contributed by atoms with Crippen molar-refractivity contribution in [1.29, 1.82) is 0 Å². The lowest BCUT2D eigenvalue weighted by Crippen LogP contribution is -2.63. The van der Waals surface area contributed by atoms with Crippen molar-refractivity contribution in [3.8, 4) is 0 Å². The summed E-state index contributed by atoms with van der Waals surface area (Å²) in [7, 11) is 0. The van der Waals surface area contributed by atoms with E-state index in [-0.39, 0.29) is 12.4 Å². The number of hydrogen-bond acceptors (Lipinski definition) is 7. The second-order valence-corrected chi connectivity index (χ2v) is 7.64. The van der Waals surface area contributed by atoms with Gasteiger partial charge in [-0.2, -0.15) is 0 Å². The van der Waals surface area contributed by atoms with Crippen molar-refractivity contribution in [1.82, 2.24) is 0 Å². The van der Waals surface area contributed by atoms with E-state index in [4.69, 9.17) is 9.47 Å². The number of benzene rings is 2. The molecule has 4 rings (SSSR count). The molecular weight excluding hydrogens is 376 g/mol. The highest BCUT2D eigenvalue weighted by Crippen LogP contribution is 2.46. The topological polar surface area (TPSA) is 116 Å². The smallest absolute Gasteiger partial charge is 0.225 e. The number of fused-ring (bicyclic) bond motifs is 2. The third kappa shape index (κ3) is 3.40. The number of aliphatic hydroxyl groups is 4. The SMILES string of the molecule is CC(=O)c1ccc(Cc2ccc3c(c2)C2(OC3)O[C@H](CO)[C@@H](O)[C@H](O)[C@H]2O)cc1. The fourth-order valence-electron chi connectivity index (χ4n) is 4.02. The van der Waals surface area contributed by atoms with Crippen LogP contribution in [0, 0.1) is 0 Å². The van der Waals surface area contributed by atoms with E-state index in [0.29, 0.717) is 17.5 Å². The van der Waals surface area contributed by atoms with Crippen LogP contribution < -0.4 is 0 Å². The second-order valence-electron chi connectivity index (χ2n) is 7.64. The Kier molecular flexibility index (Phi) is 5.29. The van der Waals surface area contributed by atoms with E-state index in [0.717, 1.165) is 16.7 Å². The van der Waals surface area contributed by atoms with Gasteiger partial charge in [0.25, 0.3) is 0 Å². The molecule has 29 heavy (non-hydrogen) atoms. The van der Waals surface area contributed by atoms with Crippen LogP contribution in [-0.4, -0.2) is 57.2 Å². The quantitative estimate of drug-likeness (QED) is 0.557. The van der Waals surface area contributed by atoms with Gasteiger partial charge in [0.2, 0.25) is 5.79 Å². The third-order valence-corrected chi connectivity index (χ3v) is 5.71. The van der Waals surface area contributed by atoms with Gasteiger partial charge < -0.3 is 29.9 Å². The molecule has 0 amide bonds. The van der Waals surface area contributed by atoms with Gasteiger partial charge in [-0.1, -0.05) is 36.4 Å². The van der Waals surface area contributed by atoms with E-state index in [9.17, 15) is 25.2 Å². The van der Waals surface area contributed by atoms with Crippen LogP contribution in [0.1, 0.15) is 39.5 Å². The lowest BCUT2D eigenvalue weighted by Gasteiger charge is -2.46. The van der Waals surface area contributed by atoms with E-state index >= 15 is 0 Å². The molecular formula is C22H24O7. The van der Waals surface area contributed by atoms with Crippen LogP contribution in [0.5, 0.6) is 0 Å². The third-order valence-electron chi connectivity index (χ3n) is 5.71. The average Bonchev–Trinajstić information content (AvgIpc) is 3.08. The summed E-state index contributed by atoms with van der Waals surface area (Å²) in [6, 6.07) is 13.0. The van der Waals surface area contributed by atoms with Gasteiger partial charge in [0.1, 0.15) is 24.4 Å². The number of carbonyl (C=O) groups excluding carboxylic acids is 1. The summed E-state index contributed by atoms with van der Waals surface area (Å²) >= 11 is 0. The Morgan fingerprint density at radius 1 is 1.07 bits per heavy atom. The Hall–Kier alpha value is -2.13. The molecule has 1 fully saturated rings. The molecule has 2 aliphatic heterocycles. The van der Waals surface area contributed by atoms with Crippen LogP contribution in [0.3, 0.4) is 0 Å².